The van der Waals surface area contributed by atoms with Gasteiger partial charge in [0.25, 0.3) is 0 Å². The molecule has 0 radical (unpaired) electrons. The fraction of sp³-hybridized carbons (Fsp3) is 0.833. The van der Waals surface area contributed by atoms with Crippen LogP contribution in [0.4, 0.5) is 0 Å². The van der Waals surface area contributed by atoms with E-state index in [-0.39, 0.29) is 18.3 Å². The van der Waals surface area contributed by atoms with Crippen molar-refractivity contribution in [1.82, 2.24) is 0 Å². The molecule has 0 aliphatic carbocycles. The first-order chi connectivity index (χ1) is 7.28. The first-order valence-electron chi connectivity index (χ1n) is 5.51. The number of hydrogen-bond donors (Lipinski definition) is 1. The molecule has 1 N–H and O–H groups in total. The minimum absolute atomic E-state index is 0.0964. The monoisotopic (exact) mass is 230 g/mol. The molecular formula is C12H22O4. The third-order valence-corrected chi connectivity index (χ3v) is 2.38. The van der Waals surface area contributed by atoms with E-state index in [0.29, 0.717) is 12.2 Å². The zero-order valence-corrected chi connectivity index (χ0v) is 10.7. The topological polar surface area (TPSA) is 47.9 Å². The second-order valence-corrected chi connectivity index (χ2v) is 5.20. The van der Waals surface area contributed by atoms with Crippen LogP contribution in [0.1, 0.15) is 34.1 Å². The van der Waals surface area contributed by atoms with Crippen LogP contribution in [0.2, 0.25) is 0 Å². The lowest BCUT2D eigenvalue weighted by atomic mass is 10.0. The largest absolute Gasteiger partial charge is 0.465 e. The lowest BCUT2D eigenvalue weighted by Gasteiger charge is -2.38. The van der Waals surface area contributed by atoms with Gasteiger partial charge in [0.15, 0.2) is 0 Å². The Bertz CT molecular complexity index is 267. The molecule has 1 rings (SSSR count). The van der Waals surface area contributed by atoms with E-state index in [2.05, 4.69) is 0 Å². The summed E-state index contributed by atoms with van der Waals surface area (Å²) in [7, 11) is 1.59. The Morgan fingerprint density at radius 2 is 2.19 bits per heavy atom. The molecule has 0 saturated heterocycles. The second-order valence-electron chi connectivity index (χ2n) is 5.20. The van der Waals surface area contributed by atoms with Gasteiger partial charge in [-0.3, -0.25) is 0 Å². The molecule has 1 aliphatic heterocycles. The summed E-state index contributed by atoms with van der Waals surface area (Å²) in [6, 6.07) is 0. The summed E-state index contributed by atoms with van der Waals surface area (Å²) in [4.78, 5) is 0. The maximum Gasteiger partial charge on any atom is 0.209 e. The summed E-state index contributed by atoms with van der Waals surface area (Å²) >= 11 is 0. The fourth-order valence-corrected chi connectivity index (χ4v) is 1.72. The maximum atomic E-state index is 9.13. The molecule has 0 spiro atoms. The quantitative estimate of drug-likeness (QED) is 0.803. The molecule has 0 bridgehead atoms. The molecule has 1 heterocycles. The zero-order chi connectivity index (χ0) is 12.4. The number of aliphatic hydroxyl groups excluding tert-OH is 1. The van der Waals surface area contributed by atoms with E-state index < -0.39 is 5.79 Å². The van der Waals surface area contributed by atoms with Crippen molar-refractivity contribution in [3.63, 3.8) is 0 Å². The van der Waals surface area contributed by atoms with Crippen LogP contribution in [-0.2, 0) is 14.2 Å². The number of aliphatic hydroxyl groups is 1. The van der Waals surface area contributed by atoms with Crippen molar-refractivity contribution < 1.29 is 19.3 Å². The summed E-state index contributed by atoms with van der Waals surface area (Å²) in [5.41, 5.74) is -0.228. The predicted molar refractivity (Wildman–Crippen MR) is 60.9 cm³/mol. The van der Waals surface area contributed by atoms with Crippen LogP contribution in [-0.4, -0.2) is 36.3 Å². The Kier molecular flexibility index (Phi) is 3.99. The van der Waals surface area contributed by atoms with E-state index in [0.717, 1.165) is 0 Å². The third-order valence-electron chi connectivity index (χ3n) is 2.38. The molecule has 0 saturated carbocycles. The SMILES string of the molecule is CO[C@@]1(C)C[C@@H](OC(C)(C)C)C=C(CO)O1. The third kappa shape index (κ3) is 3.77. The molecule has 2 atom stereocenters. The number of hydrogen-bond acceptors (Lipinski definition) is 4. The van der Waals surface area contributed by atoms with E-state index in [4.69, 9.17) is 19.3 Å². The zero-order valence-electron chi connectivity index (χ0n) is 10.7. The molecule has 0 amide bonds. The summed E-state index contributed by atoms with van der Waals surface area (Å²) in [5.74, 6) is -0.215. The Hall–Kier alpha value is -0.580. The normalized spacial score (nSPS) is 30.9. The highest BCUT2D eigenvalue weighted by Crippen LogP contribution is 2.31. The lowest BCUT2D eigenvalue weighted by Crippen LogP contribution is -2.41. The molecular weight excluding hydrogens is 208 g/mol. The highest BCUT2D eigenvalue weighted by molar-refractivity contribution is 5.05. The number of rotatable bonds is 3. The van der Waals surface area contributed by atoms with E-state index in [1.54, 1.807) is 7.11 Å². The van der Waals surface area contributed by atoms with Crippen LogP contribution in [0, 0.1) is 0 Å². The first-order valence-corrected chi connectivity index (χ1v) is 5.51. The van der Waals surface area contributed by atoms with Crippen LogP contribution in [0.15, 0.2) is 11.8 Å². The van der Waals surface area contributed by atoms with Gasteiger partial charge in [0.1, 0.15) is 12.4 Å². The van der Waals surface area contributed by atoms with Crippen molar-refractivity contribution >= 4 is 0 Å². The average molecular weight is 230 g/mol. The van der Waals surface area contributed by atoms with Gasteiger partial charge in [-0.2, -0.15) is 0 Å². The Balaban J connectivity index is 2.78. The summed E-state index contributed by atoms with van der Waals surface area (Å²) in [6.45, 7) is 7.70. The molecule has 4 nitrogen and oxygen atoms in total. The highest BCUT2D eigenvalue weighted by Gasteiger charge is 2.36. The second kappa shape index (κ2) is 4.73. The average Bonchev–Trinajstić information content (AvgIpc) is 2.14. The van der Waals surface area contributed by atoms with Gasteiger partial charge in [-0.1, -0.05) is 0 Å². The van der Waals surface area contributed by atoms with Crippen LogP contribution >= 0.6 is 0 Å². The van der Waals surface area contributed by atoms with Crippen molar-refractivity contribution in [1.29, 1.82) is 0 Å². The molecule has 0 aromatic carbocycles. The fourth-order valence-electron chi connectivity index (χ4n) is 1.72. The molecule has 16 heavy (non-hydrogen) atoms. The van der Waals surface area contributed by atoms with Gasteiger partial charge < -0.3 is 19.3 Å². The van der Waals surface area contributed by atoms with Crippen molar-refractivity contribution in [3.05, 3.63) is 11.8 Å². The van der Waals surface area contributed by atoms with E-state index >= 15 is 0 Å². The highest BCUT2D eigenvalue weighted by atomic mass is 16.7. The Morgan fingerprint density at radius 3 is 2.62 bits per heavy atom. The smallest absolute Gasteiger partial charge is 0.209 e. The van der Waals surface area contributed by atoms with Gasteiger partial charge in [0.2, 0.25) is 5.79 Å². The minimum atomic E-state index is -0.720. The Morgan fingerprint density at radius 1 is 1.56 bits per heavy atom. The summed E-state index contributed by atoms with van der Waals surface area (Å²) < 4.78 is 16.7. The van der Waals surface area contributed by atoms with Gasteiger partial charge in [0.05, 0.1) is 11.7 Å². The molecule has 0 unspecified atom stereocenters. The summed E-state index contributed by atoms with van der Waals surface area (Å²) in [5, 5.41) is 9.13. The molecule has 94 valence electrons. The van der Waals surface area contributed by atoms with Gasteiger partial charge >= 0.3 is 0 Å². The van der Waals surface area contributed by atoms with Crippen LogP contribution in [0.25, 0.3) is 0 Å². The van der Waals surface area contributed by atoms with Crippen molar-refractivity contribution in [2.45, 2.75) is 51.6 Å². The number of methoxy groups -OCH3 is 1. The van der Waals surface area contributed by atoms with Gasteiger partial charge in [0, 0.05) is 20.5 Å². The van der Waals surface area contributed by atoms with E-state index in [1.165, 1.54) is 0 Å². The summed E-state index contributed by atoms with van der Waals surface area (Å²) in [6.07, 6.45) is 2.33. The van der Waals surface area contributed by atoms with Crippen LogP contribution in [0.3, 0.4) is 0 Å². The van der Waals surface area contributed by atoms with Gasteiger partial charge in [-0.05, 0) is 26.8 Å². The Labute approximate surface area is 97.2 Å². The van der Waals surface area contributed by atoms with Gasteiger partial charge in [-0.15, -0.1) is 0 Å². The van der Waals surface area contributed by atoms with Crippen molar-refractivity contribution in [2.24, 2.45) is 0 Å². The molecule has 0 fully saturated rings. The number of ether oxygens (including phenoxy) is 3. The van der Waals surface area contributed by atoms with Crippen LogP contribution < -0.4 is 0 Å². The predicted octanol–water partition coefficient (Wildman–Crippen LogP) is 1.83. The van der Waals surface area contributed by atoms with Crippen molar-refractivity contribution in [2.75, 3.05) is 13.7 Å². The maximum absolute atomic E-state index is 9.13. The van der Waals surface area contributed by atoms with E-state index in [1.807, 2.05) is 33.8 Å². The molecule has 4 heteroatoms. The lowest BCUT2D eigenvalue weighted by molar-refractivity contribution is -0.223. The van der Waals surface area contributed by atoms with E-state index in [9.17, 15) is 0 Å². The van der Waals surface area contributed by atoms with Crippen molar-refractivity contribution in [3.8, 4) is 0 Å². The van der Waals surface area contributed by atoms with Gasteiger partial charge in [-0.25, -0.2) is 0 Å². The molecule has 0 aromatic heterocycles. The minimum Gasteiger partial charge on any atom is -0.465 e. The molecule has 0 aromatic rings. The standard InChI is InChI=1S/C12H22O4/c1-11(2,3)15-9-6-10(8-13)16-12(4,7-9)14-5/h6,9,13H,7-8H2,1-5H3/t9-,12+/m0/s1. The molecule has 1 aliphatic rings. The first kappa shape index (κ1) is 13.5. The van der Waals surface area contributed by atoms with Crippen LogP contribution in [0.5, 0.6) is 0 Å².